The average Bonchev–Trinajstić information content (AvgIpc) is 2.91. The van der Waals surface area contributed by atoms with Gasteiger partial charge in [0.2, 0.25) is 0 Å². The molecule has 186 valence electrons. The summed E-state index contributed by atoms with van der Waals surface area (Å²) in [4.78, 5) is 1.27. The zero-order chi connectivity index (χ0) is 25.2. The third-order valence-electron chi connectivity index (χ3n) is 6.24. The Labute approximate surface area is 220 Å². The molecular weight excluding hydrogens is 460 g/mol. The SMILES string of the molecule is CSc1ccc(COCC(Cc2ccc(C)cc2)Nc2ccccc2NCc2ccc(C)cc2)cc1. The van der Waals surface area contributed by atoms with Crippen LogP contribution in [0.4, 0.5) is 11.4 Å². The maximum atomic E-state index is 6.21. The minimum absolute atomic E-state index is 0.139. The molecular formula is C32H36N2OS. The zero-order valence-electron chi connectivity index (χ0n) is 21.5. The van der Waals surface area contributed by atoms with E-state index in [0.717, 1.165) is 24.3 Å². The van der Waals surface area contributed by atoms with Gasteiger partial charge in [0.1, 0.15) is 0 Å². The molecule has 1 unspecified atom stereocenters. The van der Waals surface area contributed by atoms with Crippen LogP contribution in [0.2, 0.25) is 0 Å². The number of para-hydroxylation sites is 2. The molecule has 4 aromatic rings. The van der Waals surface area contributed by atoms with Gasteiger partial charge in [-0.25, -0.2) is 0 Å². The Morgan fingerprint density at radius 1 is 0.694 bits per heavy atom. The van der Waals surface area contributed by atoms with Crippen LogP contribution in [-0.4, -0.2) is 18.9 Å². The molecule has 0 amide bonds. The fourth-order valence-electron chi connectivity index (χ4n) is 4.09. The Bertz CT molecular complexity index is 1200. The van der Waals surface area contributed by atoms with Gasteiger partial charge in [0.25, 0.3) is 0 Å². The Morgan fingerprint density at radius 2 is 1.28 bits per heavy atom. The average molecular weight is 497 g/mol. The lowest BCUT2D eigenvalue weighted by atomic mass is 10.0. The zero-order valence-corrected chi connectivity index (χ0v) is 22.3. The summed E-state index contributed by atoms with van der Waals surface area (Å²) in [6.07, 6.45) is 2.98. The van der Waals surface area contributed by atoms with Crippen LogP contribution >= 0.6 is 11.8 Å². The van der Waals surface area contributed by atoms with Crippen molar-refractivity contribution in [2.45, 2.75) is 44.4 Å². The van der Waals surface area contributed by atoms with Crippen molar-refractivity contribution in [2.75, 3.05) is 23.5 Å². The molecule has 0 aliphatic heterocycles. The van der Waals surface area contributed by atoms with Crippen molar-refractivity contribution in [2.24, 2.45) is 0 Å². The molecule has 0 spiro atoms. The molecule has 0 saturated heterocycles. The van der Waals surface area contributed by atoms with E-state index in [9.17, 15) is 0 Å². The van der Waals surface area contributed by atoms with E-state index in [4.69, 9.17) is 4.74 Å². The van der Waals surface area contributed by atoms with Crippen LogP contribution in [0.25, 0.3) is 0 Å². The van der Waals surface area contributed by atoms with Gasteiger partial charge >= 0.3 is 0 Å². The lowest BCUT2D eigenvalue weighted by Gasteiger charge is -2.23. The molecule has 2 N–H and O–H groups in total. The predicted octanol–water partition coefficient (Wildman–Crippen LogP) is 7.88. The quantitative estimate of drug-likeness (QED) is 0.195. The molecule has 0 radical (unpaired) electrons. The molecule has 1 atom stereocenters. The first kappa shape index (κ1) is 25.9. The third-order valence-corrected chi connectivity index (χ3v) is 6.98. The summed E-state index contributed by atoms with van der Waals surface area (Å²) in [5.74, 6) is 0. The minimum Gasteiger partial charge on any atom is -0.379 e. The van der Waals surface area contributed by atoms with Gasteiger partial charge in [-0.15, -0.1) is 11.8 Å². The lowest BCUT2D eigenvalue weighted by molar-refractivity contribution is 0.112. The number of thioether (sulfide) groups is 1. The van der Waals surface area contributed by atoms with E-state index < -0.39 is 0 Å². The Kier molecular flexibility index (Phi) is 9.48. The van der Waals surface area contributed by atoms with Crippen molar-refractivity contribution in [1.82, 2.24) is 0 Å². The van der Waals surface area contributed by atoms with E-state index in [1.54, 1.807) is 11.8 Å². The highest BCUT2D eigenvalue weighted by atomic mass is 32.2. The summed E-state index contributed by atoms with van der Waals surface area (Å²) < 4.78 is 6.21. The van der Waals surface area contributed by atoms with Crippen molar-refractivity contribution < 1.29 is 4.74 Å². The lowest BCUT2D eigenvalue weighted by Crippen LogP contribution is -2.28. The number of anilines is 2. The second-order valence-electron chi connectivity index (χ2n) is 9.28. The second-order valence-corrected chi connectivity index (χ2v) is 10.2. The molecule has 36 heavy (non-hydrogen) atoms. The van der Waals surface area contributed by atoms with Gasteiger partial charge in [-0.1, -0.05) is 83.9 Å². The molecule has 4 heteroatoms. The van der Waals surface area contributed by atoms with Crippen molar-refractivity contribution in [1.29, 1.82) is 0 Å². The van der Waals surface area contributed by atoms with Crippen LogP contribution in [0.15, 0.2) is 102 Å². The molecule has 0 saturated carbocycles. The van der Waals surface area contributed by atoms with Crippen LogP contribution in [0.1, 0.15) is 27.8 Å². The van der Waals surface area contributed by atoms with Gasteiger partial charge < -0.3 is 15.4 Å². The highest BCUT2D eigenvalue weighted by molar-refractivity contribution is 7.98. The van der Waals surface area contributed by atoms with E-state index in [1.165, 1.54) is 32.7 Å². The Balaban J connectivity index is 1.43. The summed E-state index contributed by atoms with van der Waals surface area (Å²) in [5.41, 5.74) is 8.51. The molecule has 3 nitrogen and oxygen atoms in total. The second kappa shape index (κ2) is 13.2. The minimum atomic E-state index is 0.139. The van der Waals surface area contributed by atoms with Crippen LogP contribution in [0, 0.1) is 13.8 Å². The fraction of sp³-hybridized carbons (Fsp3) is 0.250. The number of hydrogen-bond donors (Lipinski definition) is 2. The fourth-order valence-corrected chi connectivity index (χ4v) is 4.50. The molecule has 0 bridgehead atoms. The van der Waals surface area contributed by atoms with Crippen molar-refractivity contribution in [3.8, 4) is 0 Å². The van der Waals surface area contributed by atoms with E-state index in [1.807, 2.05) is 0 Å². The van der Waals surface area contributed by atoms with Crippen molar-refractivity contribution in [3.05, 3.63) is 125 Å². The monoisotopic (exact) mass is 496 g/mol. The number of hydrogen-bond acceptors (Lipinski definition) is 4. The predicted molar refractivity (Wildman–Crippen MR) is 155 cm³/mol. The van der Waals surface area contributed by atoms with Gasteiger partial charge in [0, 0.05) is 11.4 Å². The highest BCUT2D eigenvalue weighted by Gasteiger charge is 2.13. The van der Waals surface area contributed by atoms with E-state index >= 15 is 0 Å². The number of nitrogens with one attached hydrogen (secondary N) is 2. The van der Waals surface area contributed by atoms with Crippen LogP contribution in [0.3, 0.4) is 0 Å². The van der Waals surface area contributed by atoms with Crippen LogP contribution in [0.5, 0.6) is 0 Å². The molecule has 0 fully saturated rings. The molecule has 0 aliphatic carbocycles. The summed E-state index contributed by atoms with van der Waals surface area (Å²) in [6, 6.07) is 34.6. The van der Waals surface area contributed by atoms with Gasteiger partial charge in [0.15, 0.2) is 0 Å². The topological polar surface area (TPSA) is 33.3 Å². The molecule has 4 aromatic carbocycles. The third kappa shape index (κ3) is 7.91. The molecule has 0 aromatic heterocycles. The van der Waals surface area contributed by atoms with Gasteiger partial charge in [0.05, 0.1) is 30.6 Å². The summed E-state index contributed by atoms with van der Waals surface area (Å²) in [6.45, 7) is 6.25. The normalized spacial score (nSPS) is 11.8. The summed E-state index contributed by atoms with van der Waals surface area (Å²) in [5, 5.41) is 7.38. The van der Waals surface area contributed by atoms with E-state index in [-0.39, 0.29) is 6.04 Å². The maximum Gasteiger partial charge on any atom is 0.0717 e. The molecule has 0 aliphatic rings. The Morgan fingerprint density at radius 3 is 1.92 bits per heavy atom. The summed E-state index contributed by atoms with van der Waals surface area (Å²) in [7, 11) is 0. The first-order valence-corrected chi connectivity index (χ1v) is 13.7. The van der Waals surface area contributed by atoms with Gasteiger partial charge in [-0.2, -0.15) is 0 Å². The number of rotatable bonds is 12. The largest absolute Gasteiger partial charge is 0.379 e. The first-order chi connectivity index (χ1) is 17.6. The standard InChI is InChI=1S/C32H36N2OS/c1-24-8-12-26(13-9-24)20-29(23-35-22-28-16-18-30(36-3)19-17-28)34-32-7-5-4-6-31(32)33-21-27-14-10-25(2)11-15-27/h4-19,29,33-34H,20-23H2,1-3H3. The smallest absolute Gasteiger partial charge is 0.0717 e. The number of ether oxygens (including phenoxy) is 1. The van der Waals surface area contributed by atoms with Crippen molar-refractivity contribution in [3.63, 3.8) is 0 Å². The van der Waals surface area contributed by atoms with E-state index in [0.29, 0.717) is 13.2 Å². The van der Waals surface area contributed by atoms with Crippen molar-refractivity contribution >= 4 is 23.1 Å². The van der Waals surface area contributed by atoms with Gasteiger partial charge in [-0.3, -0.25) is 0 Å². The highest BCUT2D eigenvalue weighted by Crippen LogP contribution is 2.24. The van der Waals surface area contributed by atoms with Crippen LogP contribution < -0.4 is 10.6 Å². The number of aryl methyl sites for hydroxylation is 2. The van der Waals surface area contributed by atoms with Gasteiger partial charge in [-0.05, 0) is 67.5 Å². The summed E-state index contributed by atoms with van der Waals surface area (Å²) >= 11 is 1.76. The Hall–Kier alpha value is -3.21. The van der Waals surface area contributed by atoms with Crippen LogP contribution in [-0.2, 0) is 24.3 Å². The molecule has 4 rings (SSSR count). The number of benzene rings is 4. The van der Waals surface area contributed by atoms with E-state index in [2.05, 4.69) is 128 Å². The molecule has 0 heterocycles. The first-order valence-electron chi connectivity index (χ1n) is 12.5. The maximum absolute atomic E-state index is 6.21.